The minimum absolute atomic E-state index is 0.0864. The molecule has 0 spiro atoms. The smallest absolute Gasteiger partial charge is 0.343 e. The van der Waals surface area contributed by atoms with Gasteiger partial charge < -0.3 is 14.9 Å². The van der Waals surface area contributed by atoms with E-state index in [9.17, 15) is 32.6 Å². The van der Waals surface area contributed by atoms with Crippen molar-refractivity contribution in [2.24, 2.45) is 4.99 Å². The zero-order chi connectivity index (χ0) is 21.1. The Morgan fingerprint density at radius 2 is 1.93 bits per heavy atom. The zero-order valence-electron chi connectivity index (χ0n) is 15.4. The number of hydrogen-bond donors (Lipinski definition) is 2. The van der Waals surface area contributed by atoms with Crippen molar-refractivity contribution in [1.82, 2.24) is 0 Å². The average Bonchev–Trinajstić information content (AvgIpc) is 2.60. The minimum Gasteiger partial charge on any atom is -0.506 e. The van der Waals surface area contributed by atoms with Crippen LogP contribution in [-0.4, -0.2) is 40.6 Å². The molecule has 0 aromatic heterocycles. The van der Waals surface area contributed by atoms with E-state index in [0.29, 0.717) is 19.3 Å². The standard InChI is InChI=1S/C19H21F4NO4/c1-3-28-18(27)12(9-24-19(5-4-6-19)8-10(2)25)17(26)11-7-13(20)15(22)16(23)14(11)21/h7,9-10,25-26H,3-6,8H2,1-2H3/b17-12-,24-9?. The van der Waals surface area contributed by atoms with Crippen LogP contribution in [0.25, 0.3) is 5.76 Å². The van der Waals surface area contributed by atoms with Crippen molar-refractivity contribution in [3.63, 3.8) is 0 Å². The number of ether oxygens (including phenoxy) is 1. The Morgan fingerprint density at radius 3 is 2.43 bits per heavy atom. The van der Waals surface area contributed by atoms with Crippen molar-refractivity contribution < 1.29 is 37.3 Å². The van der Waals surface area contributed by atoms with E-state index in [1.165, 1.54) is 6.92 Å². The molecule has 0 bridgehead atoms. The molecule has 1 unspecified atom stereocenters. The third-order valence-corrected chi connectivity index (χ3v) is 4.54. The summed E-state index contributed by atoms with van der Waals surface area (Å²) in [6.07, 6.45) is 2.66. The van der Waals surface area contributed by atoms with Crippen LogP contribution >= 0.6 is 0 Å². The normalized spacial score (nSPS) is 17.8. The molecule has 0 radical (unpaired) electrons. The first-order valence-corrected chi connectivity index (χ1v) is 8.79. The molecular formula is C19H21F4NO4. The summed E-state index contributed by atoms with van der Waals surface area (Å²) in [6, 6.07) is 0.241. The monoisotopic (exact) mass is 403 g/mol. The van der Waals surface area contributed by atoms with Gasteiger partial charge in [-0.3, -0.25) is 4.99 Å². The van der Waals surface area contributed by atoms with Crippen LogP contribution in [0.5, 0.6) is 0 Å². The third-order valence-electron chi connectivity index (χ3n) is 4.54. The molecule has 154 valence electrons. The molecule has 1 aromatic rings. The fourth-order valence-electron chi connectivity index (χ4n) is 3.03. The van der Waals surface area contributed by atoms with Gasteiger partial charge in [-0.2, -0.15) is 0 Å². The summed E-state index contributed by atoms with van der Waals surface area (Å²) in [4.78, 5) is 16.4. The van der Waals surface area contributed by atoms with Crippen molar-refractivity contribution in [1.29, 1.82) is 0 Å². The molecule has 1 fully saturated rings. The van der Waals surface area contributed by atoms with Gasteiger partial charge in [-0.15, -0.1) is 0 Å². The second kappa shape index (κ2) is 8.72. The predicted molar refractivity (Wildman–Crippen MR) is 93.8 cm³/mol. The number of halogens is 4. The van der Waals surface area contributed by atoms with Crippen LogP contribution in [-0.2, 0) is 9.53 Å². The Bertz CT molecular complexity index is 817. The lowest BCUT2D eigenvalue weighted by Gasteiger charge is -2.39. The highest BCUT2D eigenvalue weighted by Gasteiger charge is 2.37. The molecule has 0 amide bonds. The van der Waals surface area contributed by atoms with Crippen LogP contribution < -0.4 is 0 Å². The number of hydrogen-bond acceptors (Lipinski definition) is 5. The number of aliphatic hydroxyl groups excluding tert-OH is 2. The molecule has 2 N–H and O–H groups in total. The number of benzene rings is 1. The second-order valence-corrected chi connectivity index (χ2v) is 6.72. The molecule has 0 aliphatic heterocycles. The quantitative estimate of drug-likeness (QED) is 0.138. The van der Waals surface area contributed by atoms with Gasteiger partial charge in [-0.25, -0.2) is 22.4 Å². The van der Waals surface area contributed by atoms with Gasteiger partial charge in [0.05, 0.1) is 23.8 Å². The Labute approximate surface area is 159 Å². The van der Waals surface area contributed by atoms with Crippen LogP contribution in [0.15, 0.2) is 16.6 Å². The third kappa shape index (κ3) is 4.52. The molecule has 28 heavy (non-hydrogen) atoms. The van der Waals surface area contributed by atoms with Crippen LogP contribution in [0.1, 0.15) is 45.1 Å². The topological polar surface area (TPSA) is 79.1 Å². The Balaban J connectivity index is 2.54. The summed E-state index contributed by atoms with van der Waals surface area (Å²) in [5.74, 6) is -9.97. The average molecular weight is 403 g/mol. The highest BCUT2D eigenvalue weighted by molar-refractivity contribution is 6.15. The first-order valence-electron chi connectivity index (χ1n) is 8.79. The molecule has 1 aromatic carbocycles. The molecule has 0 saturated heterocycles. The molecular weight excluding hydrogens is 382 g/mol. The van der Waals surface area contributed by atoms with Gasteiger partial charge in [0, 0.05) is 6.21 Å². The van der Waals surface area contributed by atoms with Gasteiger partial charge in [0.1, 0.15) is 11.3 Å². The first-order chi connectivity index (χ1) is 13.1. The van der Waals surface area contributed by atoms with Crippen LogP contribution in [0, 0.1) is 23.3 Å². The maximum absolute atomic E-state index is 14.0. The molecule has 1 aliphatic rings. The highest BCUT2D eigenvalue weighted by atomic mass is 19.2. The van der Waals surface area contributed by atoms with E-state index in [1.807, 2.05) is 0 Å². The molecule has 5 nitrogen and oxygen atoms in total. The summed E-state index contributed by atoms with van der Waals surface area (Å²) in [5, 5.41) is 19.9. The van der Waals surface area contributed by atoms with E-state index in [0.717, 1.165) is 12.6 Å². The zero-order valence-corrected chi connectivity index (χ0v) is 15.4. The van der Waals surface area contributed by atoms with Crippen molar-refractivity contribution in [2.75, 3.05) is 6.61 Å². The lowest BCUT2D eigenvalue weighted by molar-refractivity contribution is -0.137. The Morgan fingerprint density at radius 1 is 1.29 bits per heavy atom. The van der Waals surface area contributed by atoms with Gasteiger partial charge in [-0.05, 0) is 45.6 Å². The fraction of sp³-hybridized carbons (Fsp3) is 0.474. The summed E-state index contributed by atoms with van der Waals surface area (Å²) in [7, 11) is 0. The minimum atomic E-state index is -2.12. The number of rotatable bonds is 7. The largest absolute Gasteiger partial charge is 0.506 e. The molecule has 9 heteroatoms. The van der Waals surface area contributed by atoms with Crippen molar-refractivity contribution in [2.45, 2.75) is 51.2 Å². The lowest BCUT2D eigenvalue weighted by Crippen LogP contribution is -2.38. The summed E-state index contributed by atoms with van der Waals surface area (Å²) in [5.41, 5.74) is -2.34. The fourth-order valence-corrected chi connectivity index (χ4v) is 3.03. The highest BCUT2D eigenvalue weighted by Crippen LogP contribution is 2.39. The maximum Gasteiger partial charge on any atom is 0.343 e. The van der Waals surface area contributed by atoms with Crippen molar-refractivity contribution in [3.8, 4) is 0 Å². The lowest BCUT2D eigenvalue weighted by atomic mass is 9.74. The molecule has 1 atom stereocenters. The number of aliphatic imine (C=N–C) groups is 1. The van der Waals surface area contributed by atoms with Crippen LogP contribution in [0.4, 0.5) is 17.6 Å². The van der Waals surface area contributed by atoms with E-state index in [2.05, 4.69) is 4.99 Å². The van der Waals surface area contributed by atoms with Crippen LogP contribution in [0.2, 0.25) is 0 Å². The van der Waals surface area contributed by atoms with Gasteiger partial charge in [0.2, 0.25) is 0 Å². The molecule has 1 saturated carbocycles. The summed E-state index contributed by atoms with van der Waals surface area (Å²) < 4.78 is 59.0. The van der Waals surface area contributed by atoms with Crippen molar-refractivity contribution >= 4 is 17.9 Å². The number of aliphatic hydroxyl groups is 2. The van der Waals surface area contributed by atoms with Crippen molar-refractivity contribution in [3.05, 3.63) is 40.5 Å². The number of carbonyl (C=O) groups is 1. The summed E-state index contributed by atoms with van der Waals surface area (Å²) >= 11 is 0. The van der Waals surface area contributed by atoms with Gasteiger partial charge in [0.25, 0.3) is 0 Å². The number of carbonyl (C=O) groups excluding carboxylic acids is 1. The number of esters is 1. The SMILES string of the molecule is CCOC(=O)/C(C=NC1(CC(C)O)CCC1)=C(\O)c1cc(F)c(F)c(F)c1F. The Hall–Kier alpha value is -2.42. The maximum atomic E-state index is 14.0. The van der Waals surface area contributed by atoms with E-state index in [1.54, 1.807) is 6.92 Å². The first kappa shape index (κ1) is 21.9. The predicted octanol–water partition coefficient (Wildman–Crippen LogP) is 3.84. The van der Waals surface area contributed by atoms with Gasteiger partial charge >= 0.3 is 5.97 Å². The van der Waals surface area contributed by atoms with Gasteiger partial charge in [-0.1, -0.05) is 0 Å². The second-order valence-electron chi connectivity index (χ2n) is 6.72. The van der Waals surface area contributed by atoms with E-state index < -0.39 is 57.8 Å². The Kier molecular flexibility index (Phi) is 6.82. The summed E-state index contributed by atoms with van der Waals surface area (Å²) in [6.45, 7) is 2.98. The molecule has 1 aliphatic carbocycles. The van der Waals surface area contributed by atoms with Crippen LogP contribution in [0.3, 0.4) is 0 Å². The van der Waals surface area contributed by atoms with E-state index >= 15 is 0 Å². The molecule has 0 heterocycles. The van der Waals surface area contributed by atoms with Gasteiger partial charge in [0.15, 0.2) is 23.3 Å². The van der Waals surface area contributed by atoms with E-state index in [-0.39, 0.29) is 12.7 Å². The van der Waals surface area contributed by atoms with E-state index in [4.69, 9.17) is 4.74 Å². The number of nitrogens with zero attached hydrogens (tertiary/aromatic N) is 1. The molecule has 2 rings (SSSR count).